The lowest BCUT2D eigenvalue weighted by atomic mass is 10.1. The van der Waals surface area contributed by atoms with Crippen molar-refractivity contribution >= 4 is 17.2 Å². The number of carbonyl (C=O) groups is 1. The normalized spacial score (nSPS) is 12.3. The van der Waals surface area contributed by atoms with Gasteiger partial charge in [-0.25, -0.2) is 4.98 Å². The molecule has 0 aliphatic carbocycles. The number of aromatic nitrogens is 3. The van der Waals surface area contributed by atoms with Crippen LogP contribution in [0.15, 0.2) is 23.8 Å². The molecule has 0 fully saturated rings. The largest absolute Gasteiger partial charge is 0.355 e. The van der Waals surface area contributed by atoms with Crippen LogP contribution in [-0.4, -0.2) is 27.6 Å². The van der Waals surface area contributed by atoms with Crippen LogP contribution in [0.1, 0.15) is 17.6 Å². The van der Waals surface area contributed by atoms with Gasteiger partial charge in [-0.15, -0.1) is 11.3 Å². The molecule has 1 atom stereocenters. The number of nitrogens with one attached hydrogen (secondary N) is 2. The Hall–Kier alpha value is -1.69. The molecule has 0 radical (unpaired) electrons. The monoisotopic (exact) mass is 264 g/mol. The maximum atomic E-state index is 11.8. The Morgan fingerprint density at radius 2 is 2.50 bits per heavy atom. The first-order chi connectivity index (χ1) is 8.75. The molecule has 2 heterocycles. The number of carbonyl (C=O) groups excluding carboxylic acids is 1. The SMILES string of the molecule is C[C@@H](Cc1cccs1)C(=O)NCCc1ncn[nH]1. The second kappa shape index (κ2) is 6.30. The van der Waals surface area contributed by atoms with Gasteiger partial charge in [0.2, 0.25) is 5.91 Å². The fraction of sp³-hybridized carbons (Fsp3) is 0.417. The van der Waals surface area contributed by atoms with Crippen LogP contribution in [0.5, 0.6) is 0 Å². The van der Waals surface area contributed by atoms with E-state index in [0.717, 1.165) is 12.2 Å². The fourth-order valence-electron chi connectivity index (χ4n) is 1.65. The zero-order valence-electron chi connectivity index (χ0n) is 10.2. The van der Waals surface area contributed by atoms with Crippen LogP contribution in [0.25, 0.3) is 0 Å². The minimum absolute atomic E-state index is 0.00150. The molecular formula is C12H16N4OS. The molecule has 0 saturated heterocycles. The summed E-state index contributed by atoms with van der Waals surface area (Å²) in [5.74, 6) is 0.877. The van der Waals surface area contributed by atoms with Crippen LogP contribution in [0, 0.1) is 5.92 Å². The number of thiophene rings is 1. The summed E-state index contributed by atoms with van der Waals surface area (Å²) < 4.78 is 0. The van der Waals surface area contributed by atoms with Gasteiger partial charge in [-0.1, -0.05) is 13.0 Å². The first kappa shape index (κ1) is 12.8. The van der Waals surface area contributed by atoms with Gasteiger partial charge in [0.15, 0.2) is 0 Å². The Balaban J connectivity index is 1.70. The number of H-pyrrole nitrogens is 1. The Morgan fingerprint density at radius 3 is 3.17 bits per heavy atom. The van der Waals surface area contributed by atoms with Gasteiger partial charge in [-0.05, 0) is 17.9 Å². The molecule has 1 amide bonds. The van der Waals surface area contributed by atoms with Crippen LogP contribution in [0.3, 0.4) is 0 Å². The van der Waals surface area contributed by atoms with E-state index in [1.165, 1.54) is 11.2 Å². The van der Waals surface area contributed by atoms with Gasteiger partial charge in [0.25, 0.3) is 0 Å². The van der Waals surface area contributed by atoms with Crippen molar-refractivity contribution < 1.29 is 4.79 Å². The Kier molecular flexibility index (Phi) is 4.46. The third kappa shape index (κ3) is 3.66. The van der Waals surface area contributed by atoms with Crippen molar-refractivity contribution in [2.24, 2.45) is 5.92 Å². The Bertz CT molecular complexity index is 466. The molecule has 0 unspecified atom stereocenters. The van der Waals surface area contributed by atoms with Gasteiger partial charge in [0, 0.05) is 23.8 Å². The average Bonchev–Trinajstić information content (AvgIpc) is 3.01. The topological polar surface area (TPSA) is 70.7 Å². The van der Waals surface area contributed by atoms with E-state index < -0.39 is 0 Å². The lowest BCUT2D eigenvalue weighted by molar-refractivity contribution is -0.124. The highest BCUT2D eigenvalue weighted by Gasteiger charge is 2.13. The van der Waals surface area contributed by atoms with Gasteiger partial charge >= 0.3 is 0 Å². The summed E-state index contributed by atoms with van der Waals surface area (Å²) in [6.45, 7) is 2.53. The first-order valence-electron chi connectivity index (χ1n) is 5.90. The third-order valence-corrected chi connectivity index (χ3v) is 3.56. The predicted octanol–water partition coefficient (Wildman–Crippen LogP) is 1.40. The summed E-state index contributed by atoms with van der Waals surface area (Å²) >= 11 is 1.69. The molecule has 6 heteroatoms. The third-order valence-electron chi connectivity index (χ3n) is 2.66. The zero-order chi connectivity index (χ0) is 12.8. The van der Waals surface area contributed by atoms with E-state index in [2.05, 4.69) is 26.6 Å². The van der Waals surface area contributed by atoms with Crippen molar-refractivity contribution in [3.05, 3.63) is 34.5 Å². The number of hydrogen-bond donors (Lipinski definition) is 2. The summed E-state index contributed by atoms with van der Waals surface area (Å²) in [6, 6.07) is 4.07. The number of hydrogen-bond acceptors (Lipinski definition) is 4. The van der Waals surface area contributed by atoms with E-state index in [1.807, 2.05) is 18.4 Å². The number of nitrogens with zero attached hydrogens (tertiary/aromatic N) is 2. The van der Waals surface area contributed by atoms with Crippen molar-refractivity contribution in [3.8, 4) is 0 Å². The van der Waals surface area contributed by atoms with Crippen LogP contribution in [0.4, 0.5) is 0 Å². The second-order valence-corrected chi connectivity index (χ2v) is 5.19. The van der Waals surface area contributed by atoms with E-state index in [9.17, 15) is 4.79 Å². The maximum absolute atomic E-state index is 11.8. The Labute approximate surface area is 110 Å². The highest BCUT2D eigenvalue weighted by Crippen LogP contribution is 2.14. The van der Waals surface area contributed by atoms with Gasteiger partial charge in [-0.2, -0.15) is 5.10 Å². The molecule has 0 bridgehead atoms. The molecule has 5 nitrogen and oxygen atoms in total. The number of amides is 1. The first-order valence-corrected chi connectivity index (χ1v) is 6.78. The molecular weight excluding hydrogens is 248 g/mol. The summed E-state index contributed by atoms with van der Waals surface area (Å²) in [4.78, 5) is 17.1. The summed E-state index contributed by atoms with van der Waals surface area (Å²) in [6.07, 6.45) is 2.94. The molecule has 2 N–H and O–H groups in total. The minimum Gasteiger partial charge on any atom is -0.355 e. The van der Waals surface area contributed by atoms with E-state index >= 15 is 0 Å². The highest BCUT2D eigenvalue weighted by molar-refractivity contribution is 7.09. The smallest absolute Gasteiger partial charge is 0.223 e. The molecule has 0 spiro atoms. The van der Waals surface area contributed by atoms with Crippen LogP contribution < -0.4 is 5.32 Å². The molecule has 18 heavy (non-hydrogen) atoms. The number of rotatable bonds is 6. The lowest BCUT2D eigenvalue weighted by Crippen LogP contribution is -2.31. The quantitative estimate of drug-likeness (QED) is 0.828. The lowest BCUT2D eigenvalue weighted by Gasteiger charge is -2.10. The van der Waals surface area contributed by atoms with Gasteiger partial charge in [0.1, 0.15) is 12.2 Å². The molecule has 2 aromatic rings. The predicted molar refractivity (Wildman–Crippen MR) is 70.3 cm³/mol. The zero-order valence-corrected chi connectivity index (χ0v) is 11.0. The van der Waals surface area contributed by atoms with Crippen molar-refractivity contribution in [3.63, 3.8) is 0 Å². The molecule has 2 aromatic heterocycles. The standard InChI is InChI=1S/C12H16N4OS/c1-9(7-10-3-2-6-18-10)12(17)13-5-4-11-14-8-15-16-11/h2-3,6,8-9H,4-5,7H2,1H3,(H,13,17)(H,14,15,16)/t9-/m0/s1. The summed E-state index contributed by atoms with van der Waals surface area (Å²) in [7, 11) is 0. The summed E-state index contributed by atoms with van der Waals surface area (Å²) in [5.41, 5.74) is 0. The van der Waals surface area contributed by atoms with Crippen LogP contribution in [-0.2, 0) is 17.6 Å². The molecule has 0 aliphatic rings. The van der Waals surface area contributed by atoms with E-state index in [1.54, 1.807) is 11.3 Å². The van der Waals surface area contributed by atoms with E-state index in [0.29, 0.717) is 13.0 Å². The van der Waals surface area contributed by atoms with E-state index in [4.69, 9.17) is 0 Å². The van der Waals surface area contributed by atoms with Gasteiger partial charge in [-0.3, -0.25) is 9.89 Å². The highest BCUT2D eigenvalue weighted by atomic mass is 32.1. The molecule has 0 saturated carbocycles. The van der Waals surface area contributed by atoms with Crippen molar-refractivity contribution in [2.45, 2.75) is 19.8 Å². The van der Waals surface area contributed by atoms with Crippen molar-refractivity contribution in [1.82, 2.24) is 20.5 Å². The van der Waals surface area contributed by atoms with Gasteiger partial charge in [0.05, 0.1) is 0 Å². The van der Waals surface area contributed by atoms with Crippen molar-refractivity contribution in [1.29, 1.82) is 0 Å². The molecule has 0 aliphatic heterocycles. The minimum atomic E-state index is -0.00150. The van der Waals surface area contributed by atoms with Gasteiger partial charge < -0.3 is 5.32 Å². The van der Waals surface area contributed by atoms with Crippen LogP contribution in [0.2, 0.25) is 0 Å². The van der Waals surface area contributed by atoms with E-state index in [-0.39, 0.29) is 11.8 Å². The molecule has 2 rings (SSSR count). The summed E-state index contributed by atoms with van der Waals surface area (Å²) in [5, 5.41) is 11.5. The Morgan fingerprint density at radius 1 is 1.61 bits per heavy atom. The second-order valence-electron chi connectivity index (χ2n) is 4.16. The van der Waals surface area contributed by atoms with Crippen LogP contribution >= 0.6 is 11.3 Å². The maximum Gasteiger partial charge on any atom is 0.223 e. The van der Waals surface area contributed by atoms with Crippen molar-refractivity contribution in [2.75, 3.05) is 6.54 Å². The number of aromatic amines is 1. The average molecular weight is 264 g/mol. The molecule has 96 valence electrons. The molecule has 0 aromatic carbocycles. The fourth-order valence-corrected chi connectivity index (χ4v) is 2.49.